The minimum atomic E-state index is 0.914. The summed E-state index contributed by atoms with van der Waals surface area (Å²) in [5, 5.41) is 5.81. The van der Waals surface area contributed by atoms with Crippen LogP contribution in [0.2, 0.25) is 0 Å². The molecule has 0 amide bonds. The van der Waals surface area contributed by atoms with Crippen LogP contribution in [0.5, 0.6) is 0 Å². The number of aromatic nitrogens is 2. The Kier molecular flexibility index (Phi) is 4.13. The summed E-state index contributed by atoms with van der Waals surface area (Å²) in [5.74, 6) is 0. The van der Waals surface area contributed by atoms with Gasteiger partial charge in [0, 0.05) is 21.5 Å². The molecular weight excluding hydrogens is 452 g/mol. The van der Waals surface area contributed by atoms with Crippen LogP contribution < -0.4 is 0 Å². The normalized spacial score (nSPS) is 12.2. The smallest absolute Gasteiger partial charge is 0.146 e. The maximum atomic E-state index is 6.32. The van der Waals surface area contributed by atoms with Crippen molar-refractivity contribution >= 4 is 60.3 Å². The van der Waals surface area contributed by atoms with Gasteiger partial charge in [-0.3, -0.25) is 4.40 Å². The van der Waals surface area contributed by atoms with E-state index in [0.29, 0.717) is 0 Å². The first kappa shape index (κ1) is 20.6. The molecule has 0 bridgehead atoms. The molecule has 0 atom stereocenters. The van der Waals surface area contributed by atoms with E-state index in [0.717, 1.165) is 55.9 Å². The molecule has 3 heterocycles. The highest BCUT2D eigenvalue weighted by atomic mass is 16.3. The lowest BCUT2D eigenvalue weighted by molar-refractivity contribution is 0.669. The predicted octanol–water partition coefficient (Wildman–Crippen LogP) is 9.23. The van der Waals surface area contributed by atoms with Gasteiger partial charge in [-0.2, -0.15) is 0 Å². The van der Waals surface area contributed by atoms with Crippen LogP contribution in [0.3, 0.4) is 0 Å². The van der Waals surface area contributed by atoms with Crippen LogP contribution in [0.4, 0.5) is 0 Å². The molecule has 0 N–H and O–H groups in total. The van der Waals surface area contributed by atoms with E-state index in [1.54, 1.807) is 0 Å². The van der Waals surface area contributed by atoms with Crippen LogP contribution in [0.15, 0.2) is 101 Å². The number of imidazole rings is 1. The Morgan fingerprint density at radius 3 is 2.38 bits per heavy atom. The molecule has 3 heteroatoms. The molecule has 0 fully saturated rings. The molecule has 3 nitrogen and oxygen atoms in total. The molecule has 37 heavy (non-hydrogen) atoms. The van der Waals surface area contributed by atoms with Crippen molar-refractivity contribution in [2.45, 2.75) is 20.3 Å². The van der Waals surface area contributed by atoms with Gasteiger partial charge >= 0.3 is 0 Å². The lowest BCUT2D eigenvalue weighted by atomic mass is 9.91. The number of fused-ring (bicyclic) bond motifs is 11. The van der Waals surface area contributed by atoms with Gasteiger partial charge in [0.05, 0.1) is 16.6 Å². The van der Waals surface area contributed by atoms with Gasteiger partial charge in [-0.1, -0.05) is 67.6 Å². The zero-order valence-electron chi connectivity index (χ0n) is 20.7. The van der Waals surface area contributed by atoms with Gasteiger partial charge in [0.25, 0.3) is 0 Å². The monoisotopic (exact) mass is 476 g/mol. The Morgan fingerprint density at radius 1 is 0.649 bits per heavy atom. The van der Waals surface area contributed by atoms with Crippen molar-refractivity contribution in [3.63, 3.8) is 0 Å². The summed E-state index contributed by atoms with van der Waals surface area (Å²) >= 11 is 0. The molecule has 8 rings (SSSR count). The molecular formula is C34H24N2O. The van der Waals surface area contributed by atoms with Crippen molar-refractivity contribution in [1.82, 2.24) is 9.38 Å². The second-order valence-corrected chi connectivity index (χ2v) is 9.95. The van der Waals surface area contributed by atoms with Crippen LogP contribution in [0.25, 0.3) is 71.4 Å². The van der Waals surface area contributed by atoms with Crippen LogP contribution in [-0.2, 0) is 6.42 Å². The molecule has 0 aliphatic carbocycles. The lowest BCUT2D eigenvalue weighted by Gasteiger charge is -2.15. The number of nitrogens with zero attached hydrogens (tertiary/aromatic N) is 2. The Hall–Kier alpha value is -4.63. The number of furan rings is 1. The number of para-hydroxylation sites is 3. The molecule has 5 aromatic carbocycles. The van der Waals surface area contributed by atoms with Crippen molar-refractivity contribution in [2.75, 3.05) is 0 Å². The molecule has 0 spiro atoms. The molecule has 0 unspecified atom stereocenters. The first-order valence-electron chi connectivity index (χ1n) is 12.9. The quantitative estimate of drug-likeness (QED) is 0.233. The summed E-state index contributed by atoms with van der Waals surface area (Å²) in [6.45, 7) is 4.44. The van der Waals surface area contributed by atoms with E-state index in [1.807, 2.05) is 12.1 Å². The molecule has 0 radical (unpaired) electrons. The topological polar surface area (TPSA) is 30.4 Å². The van der Waals surface area contributed by atoms with E-state index < -0.39 is 0 Å². The van der Waals surface area contributed by atoms with Gasteiger partial charge in [-0.05, 0) is 77.4 Å². The molecule has 0 saturated carbocycles. The zero-order chi connectivity index (χ0) is 24.7. The Morgan fingerprint density at radius 2 is 1.46 bits per heavy atom. The number of benzene rings is 5. The van der Waals surface area contributed by atoms with Crippen LogP contribution in [0.1, 0.15) is 18.1 Å². The number of rotatable bonds is 2. The summed E-state index contributed by atoms with van der Waals surface area (Å²) in [5.41, 5.74) is 11.3. The van der Waals surface area contributed by atoms with Gasteiger partial charge in [-0.25, -0.2) is 4.98 Å². The van der Waals surface area contributed by atoms with Crippen LogP contribution in [0, 0.1) is 6.92 Å². The fourth-order valence-corrected chi connectivity index (χ4v) is 6.11. The van der Waals surface area contributed by atoms with E-state index in [2.05, 4.69) is 103 Å². The SMILES string of the molecule is CCc1ccccc1-c1cc2c(cc1C)c1cc3oc4ccccc4c3cc1n1c3ccccc3nc21. The Balaban J connectivity index is 1.60. The highest BCUT2D eigenvalue weighted by Crippen LogP contribution is 2.40. The summed E-state index contributed by atoms with van der Waals surface area (Å²) in [6.07, 6.45) is 0.998. The Labute approximate surface area is 213 Å². The molecule has 0 aliphatic rings. The minimum absolute atomic E-state index is 0.914. The van der Waals surface area contributed by atoms with Crippen molar-refractivity contribution < 1.29 is 4.42 Å². The summed E-state index contributed by atoms with van der Waals surface area (Å²) in [4.78, 5) is 5.17. The fourth-order valence-electron chi connectivity index (χ4n) is 6.11. The van der Waals surface area contributed by atoms with Gasteiger partial charge in [0.1, 0.15) is 16.8 Å². The van der Waals surface area contributed by atoms with E-state index in [1.165, 1.54) is 33.0 Å². The van der Waals surface area contributed by atoms with Crippen LogP contribution in [-0.4, -0.2) is 9.38 Å². The van der Waals surface area contributed by atoms with E-state index in [4.69, 9.17) is 9.40 Å². The van der Waals surface area contributed by atoms with Gasteiger partial charge < -0.3 is 4.42 Å². The van der Waals surface area contributed by atoms with Gasteiger partial charge in [-0.15, -0.1) is 0 Å². The van der Waals surface area contributed by atoms with E-state index >= 15 is 0 Å². The van der Waals surface area contributed by atoms with Crippen molar-refractivity contribution in [2.24, 2.45) is 0 Å². The van der Waals surface area contributed by atoms with Crippen molar-refractivity contribution in [3.05, 3.63) is 108 Å². The third kappa shape index (κ3) is 2.80. The standard InChI is InChI=1S/C34H24N2O/c1-3-21-10-4-5-11-22(21)24-17-28-25(16-20(24)2)26-19-33-27(23-12-6-9-15-32(23)37-33)18-31(26)36-30-14-8-7-13-29(30)35-34(28)36/h4-19H,3H2,1-2H3. The number of hydrogen-bond acceptors (Lipinski definition) is 2. The molecule has 176 valence electrons. The number of hydrogen-bond donors (Lipinski definition) is 0. The average Bonchev–Trinajstić information content (AvgIpc) is 3.50. The second-order valence-electron chi connectivity index (χ2n) is 9.95. The maximum absolute atomic E-state index is 6.32. The predicted molar refractivity (Wildman–Crippen MR) is 155 cm³/mol. The summed E-state index contributed by atoms with van der Waals surface area (Å²) in [7, 11) is 0. The van der Waals surface area contributed by atoms with Crippen molar-refractivity contribution in [1.29, 1.82) is 0 Å². The molecule has 0 saturated heterocycles. The third-order valence-electron chi connectivity index (χ3n) is 7.88. The first-order chi connectivity index (χ1) is 18.2. The maximum Gasteiger partial charge on any atom is 0.146 e. The van der Waals surface area contributed by atoms with E-state index in [-0.39, 0.29) is 0 Å². The number of aryl methyl sites for hydroxylation is 2. The van der Waals surface area contributed by atoms with Crippen molar-refractivity contribution in [3.8, 4) is 11.1 Å². The second kappa shape index (κ2) is 7.44. The highest BCUT2D eigenvalue weighted by molar-refractivity contribution is 6.19. The Bertz CT molecular complexity index is 2200. The highest BCUT2D eigenvalue weighted by Gasteiger charge is 2.18. The van der Waals surface area contributed by atoms with E-state index in [9.17, 15) is 0 Å². The van der Waals surface area contributed by atoms with Gasteiger partial charge in [0.2, 0.25) is 0 Å². The molecule has 0 aliphatic heterocycles. The number of pyridine rings is 1. The minimum Gasteiger partial charge on any atom is -0.456 e. The molecule has 3 aromatic heterocycles. The zero-order valence-corrected chi connectivity index (χ0v) is 20.7. The average molecular weight is 477 g/mol. The lowest BCUT2D eigenvalue weighted by Crippen LogP contribution is -1.95. The third-order valence-corrected chi connectivity index (χ3v) is 7.88. The van der Waals surface area contributed by atoms with Crippen LogP contribution >= 0.6 is 0 Å². The summed E-state index contributed by atoms with van der Waals surface area (Å²) in [6, 6.07) is 34.6. The van der Waals surface area contributed by atoms with Gasteiger partial charge in [0.15, 0.2) is 0 Å². The molecule has 8 aromatic rings. The first-order valence-corrected chi connectivity index (χ1v) is 12.9. The summed E-state index contributed by atoms with van der Waals surface area (Å²) < 4.78 is 8.65. The fraction of sp³-hybridized carbons (Fsp3) is 0.0882. The largest absolute Gasteiger partial charge is 0.456 e.